The van der Waals surface area contributed by atoms with Crippen LogP contribution in [0.25, 0.3) is 0 Å². The lowest BCUT2D eigenvalue weighted by Gasteiger charge is -2.34. The van der Waals surface area contributed by atoms with Crippen LogP contribution in [0.2, 0.25) is 0 Å². The number of thiophene rings is 1. The Labute approximate surface area is 220 Å². The van der Waals surface area contributed by atoms with Crippen LogP contribution in [0, 0.1) is 0 Å². The molecule has 2 amide bonds. The van der Waals surface area contributed by atoms with Gasteiger partial charge in [-0.05, 0) is 55.5 Å². The van der Waals surface area contributed by atoms with Crippen molar-refractivity contribution in [3.05, 3.63) is 45.8 Å². The maximum Gasteiger partial charge on any atom is 0.409 e. The van der Waals surface area contributed by atoms with Gasteiger partial charge < -0.3 is 19.7 Å². The number of nitrogens with zero attached hydrogens (tertiary/aromatic N) is 2. The summed E-state index contributed by atoms with van der Waals surface area (Å²) in [6.45, 7) is 3.12. The lowest BCUT2D eigenvalue weighted by Crippen LogP contribution is -2.43. The fraction of sp³-hybridized carbons (Fsp3) is 0.480. The Morgan fingerprint density at radius 2 is 1.81 bits per heavy atom. The average molecular weight is 550 g/mol. The Kier molecular flexibility index (Phi) is 8.20. The third-order valence-electron chi connectivity index (χ3n) is 6.87. The molecule has 1 unspecified atom stereocenters. The van der Waals surface area contributed by atoms with Crippen molar-refractivity contribution in [2.75, 3.05) is 32.6 Å². The van der Waals surface area contributed by atoms with Crippen LogP contribution in [0.15, 0.2) is 29.2 Å². The van der Waals surface area contributed by atoms with Crippen LogP contribution in [0.3, 0.4) is 0 Å². The number of carbonyl (C=O) groups excluding carboxylic acids is 3. The van der Waals surface area contributed by atoms with Crippen molar-refractivity contribution in [1.82, 2.24) is 9.21 Å². The van der Waals surface area contributed by atoms with E-state index in [0.29, 0.717) is 24.5 Å². The third-order valence-corrected chi connectivity index (χ3v) is 9.97. The van der Waals surface area contributed by atoms with Gasteiger partial charge in [-0.2, -0.15) is 4.31 Å². The van der Waals surface area contributed by atoms with Crippen molar-refractivity contribution in [2.24, 2.45) is 0 Å². The van der Waals surface area contributed by atoms with Gasteiger partial charge in [0.05, 0.1) is 31.2 Å². The van der Waals surface area contributed by atoms with E-state index >= 15 is 0 Å². The first-order valence-electron chi connectivity index (χ1n) is 12.2. The van der Waals surface area contributed by atoms with Crippen molar-refractivity contribution in [2.45, 2.75) is 56.5 Å². The van der Waals surface area contributed by atoms with Crippen LogP contribution < -0.4 is 5.32 Å². The predicted molar refractivity (Wildman–Crippen MR) is 138 cm³/mol. The number of ether oxygens (including phenoxy) is 2. The Balaban J connectivity index is 1.55. The summed E-state index contributed by atoms with van der Waals surface area (Å²) in [5, 5.41) is 3.10. The van der Waals surface area contributed by atoms with Crippen LogP contribution in [-0.4, -0.2) is 68.9 Å². The minimum atomic E-state index is -3.66. The van der Waals surface area contributed by atoms with Crippen LogP contribution in [0.4, 0.5) is 9.80 Å². The van der Waals surface area contributed by atoms with E-state index in [2.05, 4.69) is 5.32 Å². The number of hydrogen-bond acceptors (Lipinski definition) is 8. The number of hydrogen-bond donors (Lipinski definition) is 1. The number of methoxy groups -OCH3 is 2. The molecule has 1 aromatic carbocycles. The standard InChI is InChI=1S/C25H31N3O7S2/c1-4-17-7-5-6-13-28(17)37(32,33)18-10-8-16(9-11-18)22(29)26-23-21(24(30)34-2)19-12-14-27(25(31)35-3)15-20(19)36-23/h8-11,17H,4-7,12-15H2,1-3H3,(H,26,29). The summed E-state index contributed by atoms with van der Waals surface area (Å²) in [7, 11) is -1.08. The maximum absolute atomic E-state index is 13.2. The zero-order valence-electron chi connectivity index (χ0n) is 21.1. The van der Waals surface area contributed by atoms with Crippen molar-refractivity contribution < 1.29 is 32.3 Å². The molecule has 37 heavy (non-hydrogen) atoms. The molecule has 0 aliphatic carbocycles. The molecule has 0 spiro atoms. The first kappa shape index (κ1) is 27.1. The van der Waals surface area contributed by atoms with Gasteiger partial charge >= 0.3 is 12.1 Å². The van der Waals surface area contributed by atoms with Gasteiger partial charge in [0, 0.05) is 29.6 Å². The van der Waals surface area contributed by atoms with Crippen molar-refractivity contribution in [1.29, 1.82) is 0 Å². The summed E-state index contributed by atoms with van der Waals surface area (Å²) in [4.78, 5) is 40.0. The lowest BCUT2D eigenvalue weighted by molar-refractivity contribution is 0.0600. The normalized spacial score (nSPS) is 18.1. The summed E-state index contributed by atoms with van der Waals surface area (Å²) in [5.74, 6) is -1.06. The third kappa shape index (κ3) is 5.36. The summed E-state index contributed by atoms with van der Waals surface area (Å²) in [6, 6.07) is 5.81. The zero-order valence-corrected chi connectivity index (χ0v) is 22.7. The SMILES string of the molecule is CCC1CCCCN1S(=O)(=O)c1ccc(C(=O)Nc2sc3c(c2C(=O)OC)CCN(C(=O)OC)C3)cc1. The lowest BCUT2D eigenvalue weighted by atomic mass is 10.0. The molecule has 200 valence electrons. The van der Waals surface area contributed by atoms with Crippen molar-refractivity contribution in [3.63, 3.8) is 0 Å². The Morgan fingerprint density at radius 3 is 2.46 bits per heavy atom. The number of nitrogens with one attached hydrogen (secondary N) is 1. The highest BCUT2D eigenvalue weighted by atomic mass is 32.2. The van der Waals surface area contributed by atoms with Gasteiger partial charge in [-0.15, -0.1) is 11.3 Å². The number of rotatable bonds is 6. The van der Waals surface area contributed by atoms with Gasteiger partial charge in [0.15, 0.2) is 0 Å². The van der Waals surface area contributed by atoms with E-state index in [4.69, 9.17) is 9.47 Å². The maximum atomic E-state index is 13.2. The quantitative estimate of drug-likeness (QED) is 0.543. The fourth-order valence-electron chi connectivity index (χ4n) is 4.88. The Hall–Kier alpha value is -2.96. The minimum absolute atomic E-state index is 0.0153. The number of carbonyl (C=O) groups is 3. The molecule has 0 bridgehead atoms. The van der Waals surface area contributed by atoms with Gasteiger partial charge in [-0.1, -0.05) is 13.3 Å². The smallest absolute Gasteiger partial charge is 0.409 e. The predicted octanol–water partition coefficient (Wildman–Crippen LogP) is 3.86. The highest BCUT2D eigenvalue weighted by Crippen LogP contribution is 2.38. The van der Waals surface area contributed by atoms with E-state index in [1.807, 2.05) is 6.92 Å². The van der Waals surface area contributed by atoms with Gasteiger partial charge in [0.25, 0.3) is 5.91 Å². The van der Waals surface area contributed by atoms with E-state index < -0.39 is 28.0 Å². The molecule has 1 fully saturated rings. The summed E-state index contributed by atoms with van der Waals surface area (Å²) in [5.41, 5.74) is 1.26. The van der Waals surface area contributed by atoms with Crippen molar-refractivity contribution >= 4 is 44.3 Å². The van der Waals surface area contributed by atoms with Gasteiger partial charge in [0.1, 0.15) is 5.00 Å². The largest absolute Gasteiger partial charge is 0.465 e. The van der Waals surface area contributed by atoms with Gasteiger partial charge in [-0.3, -0.25) is 4.79 Å². The number of esters is 1. The molecule has 3 heterocycles. The van der Waals surface area contributed by atoms with E-state index in [-0.39, 0.29) is 28.6 Å². The van der Waals surface area contributed by atoms with E-state index in [0.717, 1.165) is 36.1 Å². The molecule has 10 nitrogen and oxygen atoms in total. The fourth-order valence-corrected chi connectivity index (χ4v) is 7.90. The second-order valence-corrected chi connectivity index (χ2v) is 12.0. The second-order valence-electron chi connectivity index (χ2n) is 8.99. The van der Waals surface area contributed by atoms with Crippen molar-refractivity contribution in [3.8, 4) is 0 Å². The van der Waals surface area contributed by atoms with E-state index in [1.165, 1.54) is 54.7 Å². The van der Waals surface area contributed by atoms with Crippen LogP contribution >= 0.6 is 11.3 Å². The number of piperidine rings is 1. The molecule has 2 aliphatic heterocycles. The highest BCUT2D eigenvalue weighted by molar-refractivity contribution is 7.89. The molecule has 12 heteroatoms. The monoisotopic (exact) mass is 549 g/mol. The zero-order chi connectivity index (χ0) is 26.7. The molecule has 0 radical (unpaired) electrons. The van der Waals surface area contributed by atoms with Gasteiger partial charge in [-0.25, -0.2) is 18.0 Å². The number of anilines is 1. The Morgan fingerprint density at radius 1 is 1.08 bits per heavy atom. The Bertz CT molecular complexity index is 1290. The van der Waals surface area contributed by atoms with Gasteiger partial charge in [0.2, 0.25) is 10.0 Å². The molecule has 0 saturated carbocycles. The highest BCUT2D eigenvalue weighted by Gasteiger charge is 2.33. The summed E-state index contributed by atoms with van der Waals surface area (Å²) < 4.78 is 37.8. The van der Waals surface area contributed by atoms with Crippen LogP contribution in [0.5, 0.6) is 0 Å². The topological polar surface area (TPSA) is 122 Å². The number of fused-ring (bicyclic) bond motifs is 1. The molecule has 1 atom stereocenters. The van der Waals surface area contributed by atoms with Crippen LogP contribution in [0.1, 0.15) is 63.8 Å². The summed E-state index contributed by atoms with van der Waals surface area (Å²) in [6.07, 6.45) is 3.41. The first-order chi connectivity index (χ1) is 17.7. The molecular formula is C25H31N3O7S2. The molecule has 2 aromatic rings. The van der Waals surface area contributed by atoms with E-state index in [9.17, 15) is 22.8 Å². The molecule has 4 rings (SSSR count). The molecule has 1 saturated heterocycles. The van der Waals surface area contributed by atoms with E-state index in [1.54, 1.807) is 4.31 Å². The average Bonchev–Trinajstić information content (AvgIpc) is 3.28. The number of sulfonamides is 1. The first-order valence-corrected chi connectivity index (χ1v) is 14.5. The molecule has 1 aromatic heterocycles. The summed E-state index contributed by atoms with van der Waals surface area (Å²) >= 11 is 1.20. The molecule has 1 N–H and O–H groups in total. The second kappa shape index (κ2) is 11.2. The number of amides is 2. The molecular weight excluding hydrogens is 518 g/mol. The van der Waals surface area contributed by atoms with Crippen LogP contribution in [-0.2, 0) is 32.5 Å². The molecule has 2 aliphatic rings. The number of benzene rings is 1. The minimum Gasteiger partial charge on any atom is -0.465 e.